The molecule has 0 fully saturated rings. The predicted octanol–water partition coefficient (Wildman–Crippen LogP) is 13.2. The molecule has 10 heteroatoms. The number of halogens is 4. The zero-order chi connectivity index (χ0) is 41.2. The minimum Gasteiger partial charge on any atom is -0.329 e. The molecule has 4 aromatic heterocycles. The number of para-hydroxylation sites is 4. The molecule has 0 bridgehead atoms. The quantitative estimate of drug-likeness (QED) is 0.165. The van der Waals surface area contributed by atoms with Crippen LogP contribution in [0.5, 0.6) is 0 Å². The van der Waals surface area contributed by atoms with Gasteiger partial charge in [0.05, 0.1) is 47.5 Å². The van der Waals surface area contributed by atoms with Crippen LogP contribution in [-0.2, 0) is 14.1 Å². The first kappa shape index (κ1) is 40.2. The summed E-state index contributed by atoms with van der Waals surface area (Å²) in [5.41, 5.74) is 9.59. The molecule has 0 radical (unpaired) electrons. The van der Waals surface area contributed by atoms with Crippen LogP contribution in [-0.4, -0.2) is 23.6 Å². The zero-order valence-corrected chi connectivity index (χ0v) is 36.7. The zero-order valence-electron chi connectivity index (χ0n) is 32.0. The maximum absolute atomic E-state index is 13.5. The normalized spacial score (nSPS) is 11.1. The van der Waals surface area contributed by atoms with E-state index in [0.717, 1.165) is 77.8 Å². The van der Waals surface area contributed by atoms with Crippen molar-refractivity contribution in [1.29, 1.82) is 0 Å². The van der Waals surface area contributed by atoms with Crippen LogP contribution in [0.3, 0.4) is 0 Å². The van der Waals surface area contributed by atoms with Gasteiger partial charge in [-0.15, -0.1) is 23.2 Å². The van der Waals surface area contributed by atoms with E-state index in [0.29, 0.717) is 8.95 Å². The Morgan fingerprint density at radius 1 is 0.441 bits per heavy atom. The second-order valence-corrected chi connectivity index (χ2v) is 16.1. The summed E-state index contributed by atoms with van der Waals surface area (Å²) in [7, 11) is 4.04. The Morgan fingerprint density at radius 2 is 0.729 bits per heavy atom. The first-order chi connectivity index (χ1) is 28.8. The van der Waals surface area contributed by atoms with Crippen molar-refractivity contribution < 1.29 is 0 Å². The van der Waals surface area contributed by atoms with Gasteiger partial charge in [-0.3, -0.25) is 18.7 Å². The summed E-state index contributed by atoms with van der Waals surface area (Å²) >= 11 is 16.8. The van der Waals surface area contributed by atoms with Crippen LogP contribution in [0.4, 0.5) is 0 Å². The summed E-state index contributed by atoms with van der Waals surface area (Å²) in [6.07, 6.45) is 0. The molecule has 0 atom stereocenters. The Labute approximate surface area is 367 Å². The van der Waals surface area contributed by atoms with E-state index in [1.165, 1.54) is 0 Å². The number of alkyl halides is 2. The van der Waals surface area contributed by atoms with E-state index in [4.69, 9.17) is 23.2 Å². The Kier molecular flexibility index (Phi) is 11.8. The van der Waals surface area contributed by atoms with Crippen molar-refractivity contribution in [3.8, 4) is 33.9 Å². The van der Waals surface area contributed by atoms with Gasteiger partial charge < -0.3 is 9.13 Å². The van der Waals surface area contributed by atoms with Crippen LogP contribution in [0.1, 0.15) is 0 Å². The van der Waals surface area contributed by atoms with E-state index in [2.05, 4.69) is 86.5 Å². The fraction of sp³-hybridized carbons (Fsp3) is 0.0612. The van der Waals surface area contributed by atoms with Gasteiger partial charge in [0, 0.05) is 36.2 Å². The van der Waals surface area contributed by atoms with E-state index >= 15 is 0 Å². The molecule has 0 spiro atoms. The second-order valence-electron chi connectivity index (χ2n) is 13.7. The van der Waals surface area contributed by atoms with Gasteiger partial charge in [-0.05, 0) is 79.4 Å². The summed E-state index contributed by atoms with van der Waals surface area (Å²) in [5, 5.41) is 3.59. The second kappa shape index (κ2) is 17.3. The number of aromatic nitrogens is 4. The average Bonchev–Trinajstić information content (AvgIpc) is 3.75. The predicted molar refractivity (Wildman–Crippen MR) is 255 cm³/mol. The molecule has 0 unspecified atom stereocenters. The highest BCUT2D eigenvalue weighted by molar-refractivity contribution is 9.11. The van der Waals surface area contributed by atoms with Gasteiger partial charge >= 0.3 is 0 Å². The van der Waals surface area contributed by atoms with Crippen LogP contribution in [0.15, 0.2) is 188 Å². The molecule has 0 aliphatic rings. The van der Waals surface area contributed by atoms with Crippen molar-refractivity contribution in [2.75, 3.05) is 5.34 Å². The maximum atomic E-state index is 13.5. The van der Waals surface area contributed by atoms with E-state index in [1.54, 1.807) is 0 Å². The third-order valence-electron chi connectivity index (χ3n) is 10.4. The molecule has 0 N–H and O–H groups in total. The minimum atomic E-state index is 0.0119. The Balaban J connectivity index is 0.000000154. The molecule has 0 amide bonds. The molecule has 0 saturated carbocycles. The van der Waals surface area contributed by atoms with E-state index in [9.17, 15) is 9.59 Å². The standard InChI is InChI=1S/2C24H17BrN2O.CH2Cl2/c2*1-26-19-15-9-8-14-18(19)20-23(28)21(25)22(16-10-4-2-5-11-16)27(24(20)26)17-12-6-3-7-13-17;2-1-3/h2*2-15H,1H3;1H2. The van der Waals surface area contributed by atoms with Gasteiger partial charge in [0.2, 0.25) is 10.9 Å². The summed E-state index contributed by atoms with van der Waals surface area (Å²) in [6, 6.07) is 56.6. The molecule has 6 nitrogen and oxygen atoms in total. The molecule has 10 rings (SSSR count). The first-order valence-electron chi connectivity index (χ1n) is 18.7. The molecule has 4 heterocycles. The molecule has 6 aromatic carbocycles. The topological polar surface area (TPSA) is 53.9 Å². The van der Waals surface area contributed by atoms with Crippen molar-refractivity contribution in [3.63, 3.8) is 0 Å². The fourth-order valence-electron chi connectivity index (χ4n) is 7.93. The molecular formula is C49H36Br2Cl2N4O2. The van der Waals surface area contributed by atoms with Crippen molar-refractivity contribution in [2.24, 2.45) is 14.1 Å². The van der Waals surface area contributed by atoms with Gasteiger partial charge in [-0.1, -0.05) is 133 Å². The van der Waals surface area contributed by atoms with E-state index in [1.807, 2.05) is 148 Å². The number of fused-ring (bicyclic) bond motifs is 6. The maximum Gasteiger partial charge on any atom is 0.206 e. The van der Waals surface area contributed by atoms with Crippen molar-refractivity contribution in [1.82, 2.24) is 18.3 Å². The molecule has 59 heavy (non-hydrogen) atoms. The summed E-state index contributed by atoms with van der Waals surface area (Å²) in [5.74, 6) is 0. The Morgan fingerprint density at radius 3 is 1.07 bits per heavy atom. The SMILES string of the molecule is ClCCl.Cn1c2ccccc2c2c(=O)c(Br)c(-c3ccccc3)n(-c3ccccc3)c21.Cn1c2ccccc2c2c(=O)c(Br)c(-c3ccccc3)n(-c3ccccc3)c21. The van der Waals surface area contributed by atoms with Gasteiger partial charge in [0.25, 0.3) is 0 Å². The lowest BCUT2D eigenvalue weighted by atomic mass is 10.1. The van der Waals surface area contributed by atoms with Crippen LogP contribution in [0.25, 0.3) is 77.8 Å². The number of benzene rings is 6. The number of hydrogen-bond donors (Lipinski definition) is 0. The van der Waals surface area contributed by atoms with Gasteiger partial charge in [0.15, 0.2) is 0 Å². The van der Waals surface area contributed by atoms with Crippen LogP contribution in [0, 0.1) is 0 Å². The lowest BCUT2D eigenvalue weighted by molar-refractivity contribution is 0.941. The molecular weight excluding hydrogens is 907 g/mol. The third-order valence-corrected chi connectivity index (χ3v) is 11.9. The van der Waals surface area contributed by atoms with Gasteiger partial charge in [0.1, 0.15) is 11.3 Å². The molecule has 10 aromatic rings. The number of hydrogen-bond acceptors (Lipinski definition) is 2. The average molecular weight is 944 g/mol. The number of pyridine rings is 2. The van der Waals surface area contributed by atoms with Gasteiger partial charge in [-0.25, -0.2) is 0 Å². The highest BCUT2D eigenvalue weighted by Crippen LogP contribution is 2.38. The summed E-state index contributed by atoms with van der Waals surface area (Å²) in [4.78, 5) is 26.9. The molecule has 0 aliphatic heterocycles. The van der Waals surface area contributed by atoms with Crippen molar-refractivity contribution in [3.05, 3.63) is 199 Å². The van der Waals surface area contributed by atoms with Crippen LogP contribution < -0.4 is 10.9 Å². The summed E-state index contributed by atoms with van der Waals surface area (Å²) in [6.45, 7) is 0. The summed E-state index contributed by atoms with van der Waals surface area (Å²) < 4.78 is 9.72. The molecule has 292 valence electrons. The number of aryl methyl sites for hydroxylation is 2. The molecule has 0 aliphatic carbocycles. The van der Waals surface area contributed by atoms with Crippen LogP contribution in [0.2, 0.25) is 0 Å². The van der Waals surface area contributed by atoms with Gasteiger partial charge in [-0.2, -0.15) is 0 Å². The minimum absolute atomic E-state index is 0.0119. The van der Waals surface area contributed by atoms with E-state index < -0.39 is 0 Å². The number of rotatable bonds is 4. The molecule has 0 saturated heterocycles. The highest BCUT2D eigenvalue weighted by Gasteiger charge is 2.24. The lowest BCUT2D eigenvalue weighted by Gasteiger charge is -2.19. The van der Waals surface area contributed by atoms with Crippen molar-refractivity contribution in [2.45, 2.75) is 0 Å². The lowest BCUT2D eigenvalue weighted by Crippen LogP contribution is -2.14. The van der Waals surface area contributed by atoms with E-state index in [-0.39, 0.29) is 16.2 Å². The first-order valence-corrected chi connectivity index (χ1v) is 21.4. The Bertz CT molecular complexity index is 3020. The fourth-order valence-corrected chi connectivity index (χ4v) is 9.14. The smallest absolute Gasteiger partial charge is 0.206 e. The third kappa shape index (κ3) is 7.14. The van der Waals surface area contributed by atoms with Crippen molar-refractivity contribution >= 4 is 98.9 Å². The monoisotopic (exact) mass is 940 g/mol. The number of nitrogens with zero attached hydrogens (tertiary/aromatic N) is 4. The highest BCUT2D eigenvalue weighted by atomic mass is 79.9. The van der Waals surface area contributed by atoms with Crippen LogP contribution >= 0.6 is 55.1 Å². The largest absolute Gasteiger partial charge is 0.329 e. The Hall–Kier alpha value is -5.64.